The topological polar surface area (TPSA) is 76.7 Å². The molecule has 2 amide bonds. The summed E-state index contributed by atoms with van der Waals surface area (Å²) in [6, 6.07) is 13.7. The van der Waals surface area contributed by atoms with Crippen molar-refractivity contribution in [1.29, 1.82) is 0 Å². The van der Waals surface area contributed by atoms with Gasteiger partial charge in [-0.2, -0.15) is 0 Å². The monoisotopic (exact) mass is 348 g/mol. The summed E-state index contributed by atoms with van der Waals surface area (Å²) in [6.45, 7) is 0.0693. The molecule has 0 saturated carbocycles. The Labute approximate surface area is 144 Å². The number of hydrogen-bond donors (Lipinski definition) is 2. The van der Waals surface area contributed by atoms with E-state index in [1.165, 1.54) is 6.07 Å². The molecule has 126 valence electrons. The van der Waals surface area contributed by atoms with Crippen LogP contribution in [0, 0.1) is 0 Å². The lowest BCUT2D eigenvalue weighted by Gasteiger charge is -2.09. The molecule has 0 heterocycles. The van der Waals surface area contributed by atoms with Gasteiger partial charge in [0.05, 0.1) is 13.7 Å². The van der Waals surface area contributed by atoms with Gasteiger partial charge in [0.15, 0.2) is 0 Å². The summed E-state index contributed by atoms with van der Waals surface area (Å²) in [6.07, 6.45) is 0. The maximum absolute atomic E-state index is 11.8. The van der Waals surface area contributed by atoms with Crippen LogP contribution in [0.15, 0.2) is 48.5 Å². The van der Waals surface area contributed by atoms with E-state index in [0.717, 1.165) is 5.56 Å². The number of hydrazine groups is 1. The third-order valence-corrected chi connectivity index (χ3v) is 3.27. The molecule has 24 heavy (non-hydrogen) atoms. The predicted octanol–water partition coefficient (Wildman–Crippen LogP) is 2.33. The van der Waals surface area contributed by atoms with Gasteiger partial charge in [0, 0.05) is 10.6 Å². The van der Waals surface area contributed by atoms with E-state index in [2.05, 4.69) is 10.9 Å². The van der Waals surface area contributed by atoms with Crippen LogP contribution in [0.2, 0.25) is 5.02 Å². The minimum Gasteiger partial charge on any atom is -0.497 e. The van der Waals surface area contributed by atoms with Crippen molar-refractivity contribution < 1.29 is 19.1 Å². The Morgan fingerprint density at radius 3 is 2.62 bits per heavy atom. The first-order valence-corrected chi connectivity index (χ1v) is 7.51. The van der Waals surface area contributed by atoms with Crippen LogP contribution in [-0.2, 0) is 16.1 Å². The van der Waals surface area contributed by atoms with Gasteiger partial charge >= 0.3 is 0 Å². The number of hydrogen-bond acceptors (Lipinski definition) is 4. The third-order valence-electron chi connectivity index (χ3n) is 3.04. The maximum Gasteiger partial charge on any atom is 0.269 e. The molecule has 0 spiro atoms. The normalized spacial score (nSPS) is 10.1. The van der Waals surface area contributed by atoms with Crippen LogP contribution in [0.4, 0.5) is 0 Å². The number of halogens is 1. The van der Waals surface area contributed by atoms with Crippen molar-refractivity contribution in [3.63, 3.8) is 0 Å². The second-order valence-electron chi connectivity index (χ2n) is 4.86. The molecule has 2 N–H and O–H groups in total. The molecule has 0 aliphatic heterocycles. The maximum atomic E-state index is 11.8. The van der Waals surface area contributed by atoms with E-state index in [0.29, 0.717) is 16.3 Å². The number of benzene rings is 2. The fourth-order valence-electron chi connectivity index (χ4n) is 1.89. The zero-order valence-corrected chi connectivity index (χ0v) is 13.8. The minimum absolute atomic E-state index is 0.187. The zero-order valence-electron chi connectivity index (χ0n) is 13.0. The number of carbonyl (C=O) groups excluding carboxylic acids is 2. The van der Waals surface area contributed by atoms with Gasteiger partial charge in [-0.25, -0.2) is 0 Å². The summed E-state index contributed by atoms with van der Waals surface area (Å²) in [4.78, 5) is 23.5. The SMILES string of the molecule is COc1cccc(COCC(=O)NNC(=O)c2cccc(Cl)c2)c1. The second kappa shape index (κ2) is 8.90. The van der Waals surface area contributed by atoms with Crippen molar-refractivity contribution in [2.45, 2.75) is 6.61 Å². The largest absolute Gasteiger partial charge is 0.497 e. The molecule has 6 nitrogen and oxygen atoms in total. The van der Waals surface area contributed by atoms with Crippen molar-refractivity contribution in [2.24, 2.45) is 0 Å². The van der Waals surface area contributed by atoms with Crippen LogP contribution in [-0.4, -0.2) is 25.5 Å². The van der Waals surface area contributed by atoms with Crippen LogP contribution < -0.4 is 15.6 Å². The summed E-state index contributed by atoms with van der Waals surface area (Å²) >= 11 is 5.80. The van der Waals surface area contributed by atoms with Gasteiger partial charge in [-0.05, 0) is 35.9 Å². The van der Waals surface area contributed by atoms with Gasteiger partial charge in [0.2, 0.25) is 0 Å². The summed E-state index contributed by atoms with van der Waals surface area (Å²) in [7, 11) is 1.58. The van der Waals surface area contributed by atoms with Crippen LogP contribution in [0.3, 0.4) is 0 Å². The van der Waals surface area contributed by atoms with Crippen molar-refractivity contribution in [2.75, 3.05) is 13.7 Å². The summed E-state index contributed by atoms with van der Waals surface area (Å²) in [5, 5.41) is 0.440. The van der Waals surface area contributed by atoms with Crippen LogP contribution >= 0.6 is 11.6 Å². The third kappa shape index (κ3) is 5.57. The summed E-state index contributed by atoms with van der Waals surface area (Å²) in [5.74, 6) is -0.207. The highest BCUT2D eigenvalue weighted by Crippen LogP contribution is 2.13. The van der Waals surface area contributed by atoms with E-state index in [-0.39, 0.29) is 13.2 Å². The van der Waals surface area contributed by atoms with Crippen molar-refractivity contribution in [1.82, 2.24) is 10.9 Å². The van der Waals surface area contributed by atoms with Gasteiger partial charge in [0.1, 0.15) is 12.4 Å². The standard InChI is InChI=1S/C17H17ClN2O4/c1-23-15-7-2-4-12(8-15)10-24-11-16(21)19-20-17(22)13-5-3-6-14(18)9-13/h2-9H,10-11H2,1H3,(H,19,21)(H,20,22). The molecule has 0 fully saturated rings. The first-order valence-electron chi connectivity index (χ1n) is 7.14. The van der Waals surface area contributed by atoms with Crippen LogP contribution in [0.25, 0.3) is 0 Å². The molecule has 0 aromatic heterocycles. The summed E-state index contributed by atoms with van der Waals surface area (Å²) < 4.78 is 10.4. The highest BCUT2D eigenvalue weighted by molar-refractivity contribution is 6.30. The van der Waals surface area contributed by atoms with Crippen LogP contribution in [0.5, 0.6) is 5.75 Å². The molecular formula is C17H17ClN2O4. The molecule has 2 aromatic rings. The van der Waals surface area contributed by atoms with Gasteiger partial charge in [-0.3, -0.25) is 20.4 Å². The number of methoxy groups -OCH3 is 1. The van der Waals surface area contributed by atoms with Gasteiger partial charge in [-0.15, -0.1) is 0 Å². The molecule has 0 unspecified atom stereocenters. The Bertz CT molecular complexity index is 721. The molecule has 0 bridgehead atoms. The lowest BCUT2D eigenvalue weighted by molar-refractivity contribution is -0.126. The van der Waals surface area contributed by atoms with Gasteiger partial charge < -0.3 is 9.47 Å². The quantitative estimate of drug-likeness (QED) is 0.785. The molecule has 2 aromatic carbocycles. The fraction of sp³-hybridized carbons (Fsp3) is 0.176. The lowest BCUT2D eigenvalue weighted by atomic mass is 10.2. The molecule has 0 radical (unpaired) electrons. The molecule has 0 aliphatic carbocycles. The number of carbonyl (C=O) groups is 2. The van der Waals surface area contributed by atoms with Crippen LogP contribution in [0.1, 0.15) is 15.9 Å². The molecule has 0 saturated heterocycles. The minimum atomic E-state index is -0.465. The van der Waals surface area contributed by atoms with E-state index < -0.39 is 11.8 Å². The molecule has 0 aliphatic rings. The average Bonchev–Trinajstić information content (AvgIpc) is 2.60. The average molecular weight is 349 g/mol. The first kappa shape index (κ1) is 17.8. The predicted molar refractivity (Wildman–Crippen MR) is 89.7 cm³/mol. The Balaban J connectivity index is 1.72. The van der Waals surface area contributed by atoms with E-state index in [1.807, 2.05) is 24.3 Å². The van der Waals surface area contributed by atoms with E-state index >= 15 is 0 Å². The Kier molecular flexibility index (Phi) is 6.60. The Morgan fingerprint density at radius 2 is 1.88 bits per heavy atom. The molecule has 0 atom stereocenters. The Morgan fingerprint density at radius 1 is 1.08 bits per heavy atom. The highest BCUT2D eigenvalue weighted by Gasteiger charge is 2.08. The van der Waals surface area contributed by atoms with Gasteiger partial charge in [-0.1, -0.05) is 29.8 Å². The summed E-state index contributed by atoms with van der Waals surface area (Å²) in [5.41, 5.74) is 5.80. The second-order valence-corrected chi connectivity index (χ2v) is 5.29. The van der Waals surface area contributed by atoms with Crippen molar-refractivity contribution in [3.8, 4) is 5.75 Å². The van der Waals surface area contributed by atoms with E-state index in [9.17, 15) is 9.59 Å². The zero-order chi connectivity index (χ0) is 17.4. The number of ether oxygens (including phenoxy) is 2. The van der Waals surface area contributed by atoms with E-state index in [1.54, 1.807) is 25.3 Å². The first-order chi connectivity index (χ1) is 11.6. The highest BCUT2D eigenvalue weighted by atomic mass is 35.5. The smallest absolute Gasteiger partial charge is 0.269 e. The van der Waals surface area contributed by atoms with Crippen molar-refractivity contribution in [3.05, 3.63) is 64.7 Å². The number of rotatable bonds is 6. The molecular weight excluding hydrogens is 332 g/mol. The number of nitrogens with one attached hydrogen (secondary N) is 2. The van der Waals surface area contributed by atoms with Crippen molar-refractivity contribution >= 4 is 23.4 Å². The Hall–Kier alpha value is -2.57. The van der Waals surface area contributed by atoms with Gasteiger partial charge in [0.25, 0.3) is 11.8 Å². The molecule has 7 heteroatoms. The number of amides is 2. The lowest BCUT2D eigenvalue weighted by Crippen LogP contribution is -2.43. The van der Waals surface area contributed by atoms with E-state index in [4.69, 9.17) is 21.1 Å². The fourth-order valence-corrected chi connectivity index (χ4v) is 2.08. The molecule has 2 rings (SSSR count).